The van der Waals surface area contributed by atoms with E-state index in [1.807, 2.05) is 5.32 Å². The zero-order valence-electron chi connectivity index (χ0n) is 9.61. The first kappa shape index (κ1) is 13.9. The van der Waals surface area contributed by atoms with E-state index in [0.717, 1.165) is 0 Å². The van der Waals surface area contributed by atoms with Crippen molar-refractivity contribution in [3.63, 3.8) is 0 Å². The highest BCUT2D eigenvalue weighted by Crippen LogP contribution is 2.18. The number of nitrogens with one attached hydrogen (secondary N) is 2. The molecule has 0 aliphatic heterocycles. The van der Waals surface area contributed by atoms with Crippen LogP contribution in [0.25, 0.3) is 0 Å². The predicted octanol–water partition coefficient (Wildman–Crippen LogP) is 0.701. The Labute approximate surface area is 102 Å². The first-order chi connectivity index (χ1) is 8.45. The van der Waals surface area contributed by atoms with E-state index in [-0.39, 0.29) is 5.69 Å². The van der Waals surface area contributed by atoms with Gasteiger partial charge in [-0.3, -0.25) is 0 Å². The van der Waals surface area contributed by atoms with Crippen LogP contribution in [0.1, 0.15) is 5.56 Å². The van der Waals surface area contributed by atoms with Crippen LogP contribution in [-0.2, 0) is 4.79 Å². The maximum atomic E-state index is 13.4. The van der Waals surface area contributed by atoms with Crippen LogP contribution in [0, 0.1) is 12.7 Å². The molecule has 18 heavy (non-hydrogen) atoms. The fourth-order valence-corrected chi connectivity index (χ4v) is 1.28. The fourth-order valence-electron chi connectivity index (χ4n) is 1.28. The highest BCUT2D eigenvalue weighted by molar-refractivity contribution is 5.93. The Hall–Kier alpha value is -2.15. The molecule has 1 aromatic rings. The van der Waals surface area contributed by atoms with Crippen LogP contribution in [0.2, 0.25) is 0 Å². The van der Waals surface area contributed by atoms with Gasteiger partial charge in [-0.25, -0.2) is 14.0 Å². The molecule has 0 aromatic heterocycles. The molecule has 4 N–H and O–H groups in total. The molecule has 6 nitrogen and oxygen atoms in total. The highest BCUT2D eigenvalue weighted by Gasteiger charge is 2.19. The summed E-state index contributed by atoms with van der Waals surface area (Å²) in [6.07, 6.45) is 0. The number of carbonyl (C=O) groups is 2. The summed E-state index contributed by atoms with van der Waals surface area (Å²) < 4.78 is 13.4. The van der Waals surface area contributed by atoms with Crippen molar-refractivity contribution in [1.82, 2.24) is 5.32 Å². The van der Waals surface area contributed by atoms with Gasteiger partial charge in [-0.1, -0.05) is 12.1 Å². The number of para-hydroxylation sites is 1. The van der Waals surface area contributed by atoms with E-state index in [0.29, 0.717) is 5.56 Å². The molecule has 0 unspecified atom stereocenters. The number of urea groups is 1. The summed E-state index contributed by atoms with van der Waals surface area (Å²) in [5.41, 5.74) is 0.470. The summed E-state index contributed by atoms with van der Waals surface area (Å²) in [6, 6.07) is 1.92. The zero-order valence-corrected chi connectivity index (χ0v) is 9.61. The quantitative estimate of drug-likeness (QED) is 0.637. The number of aliphatic carboxylic acids is 1. The van der Waals surface area contributed by atoms with Gasteiger partial charge in [0.15, 0.2) is 6.04 Å². The number of amides is 2. The normalized spacial score (nSPS) is 11.7. The van der Waals surface area contributed by atoms with Crippen molar-refractivity contribution in [3.8, 4) is 0 Å². The molecule has 1 rings (SSSR count). The molecule has 0 fully saturated rings. The Morgan fingerprint density at radius 1 is 1.44 bits per heavy atom. The van der Waals surface area contributed by atoms with Crippen LogP contribution in [0.4, 0.5) is 14.9 Å². The Morgan fingerprint density at radius 2 is 2.11 bits per heavy atom. The second-order valence-corrected chi connectivity index (χ2v) is 3.60. The van der Waals surface area contributed by atoms with Crippen molar-refractivity contribution in [2.45, 2.75) is 13.0 Å². The second kappa shape index (κ2) is 5.97. The lowest BCUT2D eigenvalue weighted by atomic mass is 10.2. The molecule has 0 radical (unpaired) electrons. The maximum absolute atomic E-state index is 13.4. The van der Waals surface area contributed by atoms with Crippen molar-refractivity contribution in [3.05, 3.63) is 29.6 Å². The molecule has 0 aliphatic rings. The van der Waals surface area contributed by atoms with E-state index >= 15 is 0 Å². The van der Waals surface area contributed by atoms with Gasteiger partial charge in [-0.15, -0.1) is 0 Å². The smallest absolute Gasteiger partial charge is 0.328 e. The number of rotatable bonds is 4. The predicted molar refractivity (Wildman–Crippen MR) is 61.8 cm³/mol. The van der Waals surface area contributed by atoms with Crippen LogP contribution in [0.3, 0.4) is 0 Å². The summed E-state index contributed by atoms with van der Waals surface area (Å²) in [6.45, 7) is 0.846. The molecule has 0 saturated heterocycles. The lowest BCUT2D eigenvalue weighted by molar-refractivity contribution is -0.140. The van der Waals surface area contributed by atoms with Crippen molar-refractivity contribution >= 4 is 17.7 Å². The van der Waals surface area contributed by atoms with Crippen LogP contribution in [0.15, 0.2) is 18.2 Å². The topological polar surface area (TPSA) is 98.7 Å². The summed E-state index contributed by atoms with van der Waals surface area (Å²) in [5.74, 6) is -2.00. The Kier molecular flexibility index (Phi) is 4.61. The summed E-state index contributed by atoms with van der Waals surface area (Å²) in [7, 11) is 0. The molecule has 0 heterocycles. The van der Waals surface area contributed by atoms with Gasteiger partial charge in [0, 0.05) is 0 Å². The number of hydrogen-bond donors (Lipinski definition) is 4. The van der Waals surface area contributed by atoms with Crippen molar-refractivity contribution in [2.24, 2.45) is 0 Å². The number of hydrogen-bond acceptors (Lipinski definition) is 3. The van der Waals surface area contributed by atoms with E-state index < -0.39 is 30.5 Å². The zero-order chi connectivity index (χ0) is 13.7. The van der Waals surface area contributed by atoms with Crippen LogP contribution in [0.5, 0.6) is 0 Å². The second-order valence-electron chi connectivity index (χ2n) is 3.60. The number of aryl methyl sites for hydroxylation is 1. The minimum absolute atomic E-state index is 0.0305. The Bertz CT molecular complexity index is 444. The first-order valence-electron chi connectivity index (χ1n) is 5.12. The van der Waals surface area contributed by atoms with Crippen LogP contribution < -0.4 is 10.6 Å². The van der Waals surface area contributed by atoms with Crippen molar-refractivity contribution < 1.29 is 24.2 Å². The molecule has 1 atom stereocenters. The van der Waals surface area contributed by atoms with E-state index in [1.165, 1.54) is 12.1 Å². The number of aliphatic hydroxyl groups excluding tert-OH is 1. The molecule has 98 valence electrons. The molecule has 1 aromatic carbocycles. The third kappa shape index (κ3) is 3.42. The minimum atomic E-state index is -1.43. The summed E-state index contributed by atoms with van der Waals surface area (Å²) in [4.78, 5) is 22.0. The molecular weight excluding hydrogens is 243 g/mol. The third-order valence-corrected chi connectivity index (χ3v) is 2.25. The van der Waals surface area contributed by atoms with Crippen molar-refractivity contribution in [1.29, 1.82) is 0 Å². The molecule has 2 amide bonds. The minimum Gasteiger partial charge on any atom is -0.480 e. The van der Waals surface area contributed by atoms with Gasteiger partial charge in [0.2, 0.25) is 0 Å². The van der Waals surface area contributed by atoms with E-state index in [9.17, 15) is 14.0 Å². The van der Waals surface area contributed by atoms with E-state index in [2.05, 4.69) is 5.32 Å². The third-order valence-electron chi connectivity index (χ3n) is 2.25. The number of aliphatic hydroxyl groups is 1. The first-order valence-corrected chi connectivity index (χ1v) is 5.12. The fraction of sp³-hybridized carbons (Fsp3) is 0.273. The number of benzene rings is 1. The maximum Gasteiger partial charge on any atom is 0.328 e. The highest BCUT2D eigenvalue weighted by atomic mass is 19.1. The lowest BCUT2D eigenvalue weighted by Gasteiger charge is -2.14. The summed E-state index contributed by atoms with van der Waals surface area (Å²) in [5, 5.41) is 21.5. The average Bonchev–Trinajstić information content (AvgIpc) is 2.30. The Morgan fingerprint density at radius 3 is 2.61 bits per heavy atom. The van der Waals surface area contributed by atoms with Crippen LogP contribution in [-0.4, -0.2) is 34.9 Å². The van der Waals surface area contributed by atoms with E-state index in [4.69, 9.17) is 10.2 Å². The van der Waals surface area contributed by atoms with Gasteiger partial charge in [-0.05, 0) is 18.6 Å². The average molecular weight is 256 g/mol. The number of anilines is 1. The van der Waals surface area contributed by atoms with Crippen molar-refractivity contribution in [2.75, 3.05) is 11.9 Å². The van der Waals surface area contributed by atoms with Gasteiger partial charge < -0.3 is 20.8 Å². The summed E-state index contributed by atoms with van der Waals surface area (Å²) >= 11 is 0. The van der Waals surface area contributed by atoms with Crippen LogP contribution >= 0.6 is 0 Å². The molecule has 0 aliphatic carbocycles. The molecule has 7 heteroatoms. The number of halogens is 1. The molecule has 0 bridgehead atoms. The molecule has 0 spiro atoms. The number of carboxylic acid groups (broad SMARTS) is 1. The van der Waals surface area contributed by atoms with Gasteiger partial charge in [0.25, 0.3) is 0 Å². The molecular formula is C11H13FN2O4. The van der Waals surface area contributed by atoms with Gasteiger partial charge in [0.05, 0.1) is 12.3 Å². The monoisotopic (exact) mass is 256 g/mol. The van der Waals surface area contributed by atoms with Gasteiger partial charge >= 0.3 is 12.0 Å². The largest absolute Gasteiger partial charge is 0.480 e. The number of carbonyl (C=O) groups excluding carboxylic acids is 1. The number of carboxylic acids is 1. The van der Waals surface area contributed by atoms with E-state index in [1.54, 1.807) is 13.0 Å². The van der Waals surface area contributed by atoms with Gasteiger partial charge in [0.1, 0.15) is 5.82 Å². The Balaban J connectivity index is 2.73. The lowest BCUT2D eigenvalue weighted by Crippen LogP contribution is -2.45. The standard InChI is InChI=1S/C11H13FN2O4/c1-6-3-2-4-7(12)9(6)14-11(18)13-8(5-15)10(16)17/h2-4,8,15H,5H2,1H3,(H,16,17)(H2,13,14,18)/t8-/m0/s1. The SMILES string of the molecule is Cc1cccc(F)c1NC(=O)N[C@@H](CO)C(=O)O. The molecule has 0 saturated carbocycles. The van der Waals surface area contributed by atoms with Gasteiger partial charge in [-0.2, -0.15) is 0 Å².